The van der Waals surface area contributed by atoms with Crippen molar-refractivity contribution >= 4 is 40.7 Å². The van der Waals surface area contributed by atoms with Crippen LogP contribution in [0.3, 0.4) is 0 Å². The van der Waals surface area contributed by atoms with E-state index in [0.717, 1.165) is 11.3 Å². The number of benzene rings is 1. The molecule has 0 aliphatic rings. The molecule has 1 aromatic carbocycles. The number of methoxy groups -OCH3 is 1. The van der Waals surface area contributed by atoms with E-state index in [1.807, 2.05) is 19.1 Å². The fraction of sp³-hybridized carbons (Fsp3) is 0.238. The van der Waals surface area contributed by atoms with Gasteiger partial charge in [0.15, 0.2) is 17.3 Å². The van der Waals surface area contributed by atoms with E-state index in [4.69, 9.17) is 27.9 Å². The Morgan fingerprint density at radius 2 is 1.97 bits per heavy atom. The van der Waals surface area contributed by atoms with Crippen LogP contribution >= 0.6 is 23.2 Å². The highest BCUT2D eigenvalue weighted by Gasteiger charge is 2.23. The molecule has 162 valence electrons. The second-order valence-corrected chi connectivity index (χ2v) is 7.61. The smallest absolute Gasteiger partial charge is 0.358 e. The molecule has 7 nitrogen and oxygen atoms in total. The van der Waals surface area contributed by atoms with E-state index in [0.29, 0.717) is 0 Å². The number of hydrogen-bond acceptors (Lipinski definition) is 7. The number of nitrogens with one attached hydrogen (secondary N) is 1. The van der Waals surface area contributed by atoms with Crippen molar-refractivity contribution in [3.8, 4) is 11.4 Å². The monoisotopic (exact) mass is 463 g/mol. The molecule has 0 unspecified atom stereocenters. The molecule has 0 fully saturated rings. The standard InChI is InChI=1S/C21H20Cl2FN5O2/c1-11-6-5-9-25-14(11)10-26-20-15(23)17(21(30)31-4)27-19(28-20)12-7-8-13(22)18(16(12)24)29(2)3/h5-9H,10H2,1-4H3,(H,26,27,28). The van der Waals surface area contributed by atoms with Gasteiger partial charge >= 0.3 is 5.97 Å². The van der Waals surface area contributed by atoms with Crippen molar-refractivity contribution in [3.05, 3.63) is 63.3 Å². The van der Waals surface area contributed by atoms with Gasteiger partial charge in [-0.2, -0.15) is 0 Å². The first-order valence-electron chi connectivity index (χ1n) is 9.20. The van der Waals surface area contributed by atoms with Crippen LogP contribution in [0.4, 0.5) is 15.9 Å². The lowest BCUT2D eigenvalue weighted by molar-refractivity contribution is 0.0594. The fourth-order valence-corrected chi connectivity index (χ4v) is 3.45. The van der Waals surface area contributed by atoms with E-state index in [2.05, 4.69) is 20.3 Å². The number of pyridine rings is 1. The van der Waals surface area contributed by atoms with E-state index in [1.165, 1.54) is 19.2 Å². The zero-order valence-electron chi connectivity index (χ0n) is 17.3. The van der Waals surface area contributed by atoms with Gasteiger partial charge < -0.3 is 15.0 Å². The highest BCUT2D eigenvalue weighted by molar-refractivity contribution is 6.35. The van der Waals surface area contributed by atoms with E-state index in [-0.39, 0.29) is 45.2 Å². The Bertz CT molecular complexity index is 1140. The fourth-order valence-electron chi connectivity index (χ4n) is 2.91. The van der Waals surface area contributed by atoms with Crippen molar-refractivity contribution in [2.45, 2.75) is 13.5 Å². The third-order valence-electron chi connectivity index (χ3n) is 4.53. The van der Waals surface area contributed by atoms with Crippen molar-refractivity contribution in [3.63, 3.8) is 0 Å². The highest BCUT2D eigenvalue weighted by atomic mass is 35.5. The first kappa shape index (κ1) is 22.7. The van der Waals surface area contributed by atoms with Gasteiger partial charge in [0.2, 0.25) is 0 Å². The van der Waals surface area contributed by atoms with Crippen LogP contribution in [-0.2, 0) is 11.3 Å². The van der Waals surface area contributed by atoms with Gasteiger partial charge in [-0.15, -0.1) is 0 Å². The van der Waals surface area contributed by atoms with Gasteiger partial charge in [0.1, 0.15) is 10.8 Å². The number of rotatable bonds is 6. The van der Waals surface area contributed by atoms with Gasteiger partial charge in [-0.1, -0.05) is 29.3 Å². The predicted molar refractivity (Wildman–Crippen MR) is 119 cm³/mol. The Labute approximate surface area is 189 Å². The lowest BCUT2D eigenvalue weighted by atomic mass is 10.1. The molecule has 0 radical (unpaired) electrons. The Balaban J connectivity index is 2.12. The number of carbonyl (C=O) groups is 1. The molecule has 0 saturated carbocycles. The van der Waals surface area contributed by atoms with Crippen molar-refractivity contribution in [2.24, 2.45) is 0 Å². The largest absolute Gasteiger partial charge is 0.464 e. The summed E-state index contributed by atoms with van der Waals surface area (Å²) in [7, 11) is 4.54. The van der Waals surface area contributed by atoms with Gasteiger partial charge in [0, 0.05) is 20.3 Å². The maximum atomic E-state index is 15.2. The zero-order chi connectivity index (χ0) is 22.7. The van der Waals surface area contributed by atoms with Gasteiger partial charge in [-0.3, -0.25) is 4.98 Å². The molecular formula is C21H20Cl2FN5O2. The van der Waals surface area contributed by atoms with Crippen LogP contribution in [0.1, 0.15) is 21.7 Å². The SMILES string of the molecule is COC(=O)c1nc(-c2ccc(Cl)c(N(C)C)c2F)nc(NCc2ncccc2C)c1Cl. The average Bonchev–Trinajstić information content (AvgIpc) is 2.73. The number of aryl methyl sites for hydroxylation is 1. The molecule has 2 heterocycles. The summed E-state index contributed by atoms with van der Waals surface area (Å²) >= 11 is 12.5. The van der Waals surface area contributed by atoms with Crippen molar-refractivity contribution in [1.82, 2.24) is 15.0 Å². The molecular weight excluding hydrogens is 444 g/mol. The van der Waals surface area contributed by atoms with Crippen LogP contribution in [0, 0.1) is 12.7 Å². The van der Waals surface area contributed by atoms with E-state index < -0.39 is 11.8 Å². The quantitative estimate of drug-likeness (QED) is 0.527. The van der Waals surface area contributed by atoms with Crippen LogP contribution < -0.4 is 10.2 Å². The first-order chi connectivity index (χ1) is 14.7. The van der Waals surface area contributed by atoms with Crippen LogP contribution in [0.5, 0.6) is 0 Å². The summed E-state index contributed by atoms with van der Waals surface area (Å²) in [5.74, 6) is -1.28. The third kappa shape index (κ3) is 4.70. The second-order valence-electron chi connectivity index (χ2n) is 6.82. The van der Waals surface area contributed by atoms with E-state index in [1.54, 1.807) is 25.2 Å². The average molecular weight is 464 g/mol. The lowest BCUT2D eigenvalue weighted by Gasteiger charge is -2.18. The zero-order valence-corrected chi connectivity index (χ0v) is 18.8. The molecule has 0 aliphatic carbocycles. The maximum absolute atomic E-state index is 15.2. The van der Waals surface area contributed by atoms with Crippen LogP contribution in [0.2, 0.25) is 10.0 Å². The topological polar surface area (TPSA) is 80.2 Å². The number of anilines is 2. The van der Waals surface area contributed by atoms with Gasteiger partial charge in [-0.25, -0.2) is 19.2 Å². The Hall–Kier alpha value is -2.97. The Kier molecular flexibility index (Phi) is 6.92. The number of esters is 1. The van der Waals surface area contributed by atoms with Crippen LogP contribution in [-0.4, -0.2) is 42.1 Å². The summed E-state index contributed by atoms with van der Waals surface area (Å²) in [5, 5.41) is 3.25. The third-order valence-corrected chi connectivity index (χ3v) is 5.19. The first-order valence-corrected chi connectivity index (χ1v) is 9.96. The van der Waals surface area contributed by atoms with Crippen molar-refractivity contribution < 1.29 is 13.9 Å². The summed E-state index contributed by atoms with van der Waals surface area (Å²) in [5.41, 5.74) is 1.79. The molecule has 0 bridgehead atoms. The molecule has 0 saturated heterocycles. The molecule has 0 spiro atoms. The molecule has 0 aliphatic heterocycles. The number of aromatic nitrogens is 3. The summed E-state index contributed by atoms with van der Waals surface area (Å²) in [4.78, 5) is 26.6. The van der Waals surface area contributed by atoms with Gasteiger partial charge in [-0.05, 0) is 30.7 Å². The molecule has 1 N–H and O–H groups in total. The number of nitrogens with zero attached hydrogens (tertiary/aromatic N) is 4. The summed E-state index contributed by atoms with van der Waals surface area (Å²) < 4.78 is 20.0. The normalized spacial score (nSPS) is 10.7. The number of halogens is 3. The lowest BCUT2D eigenvalue weighted by Crippen LogP contribution is -2.14. The summed E-state index contributed by atoms with van der Waals surface area (Å²) in [6.07, 6.45) is 1.67. The molecule has 2 aromatic heterocycles. The number of hydrogen-bond donors (Lipinski definition) is 1. The molecule has 0 atom stereocenters. The number of carbonyl (C=O) groups excluding carboxylic acids is 1. The van der Waals surface area contributed by atoms with Crippen LogP contribution in [0.25, 0.3) is 11.4 Å². The molecule has 10 heteroatoms. The summed E-state index contributed by atoms with van der Waals surface area (Å²) in [6.45, 7) is 2.21. The maximum Gasteiger partial charge on any atom is 0.358 e. The number of ether oxygens (including phenoxy) is 1. The minimum Gasteiger partial charge on any atom is -0.464 e. The Morgan fingerprint density at radius 1 is 1.23 bits per heavy atom. The molecule has 3 aromatic rings. The minimum absolute atomic E-state index is 0.0358. The molecule has 31 heavy (non-hydrogen) atoms. The van der Waals surface area contributed by atoms with E-state index in [9.17, 15) is 4.79 Å². The highest BCUT2D eigenvalue weighted by Crippen LogP contribution is 2.35. The molecule has 3 rings (SSSR count). The Morgan fingerprint density at radius 3 is 2.61 bits per heavy atom. The van der Waals surface area contributed by atoms with E-state index >= 15 is 4.39 Å². The van der Waals surface area contributed by atoms with Crippen molar-refractivity contribution in [1.29, 1.82) is 0 Å². The minimum atomic E-state index is -0.770. The molecule has 0 amide bonds. The predicted octanol–water partition coefficient (Wildman–Crippen LogP) is 4.76. The van der Waals surface area contributed by atoms with Crippen LogP contribution in [0.15, 0.2) is 30.5 Å². The summed E-state index contributed by atoms with van der Waals surface area (Å²) in [6, 6.07) is 6.73. The second kappa shape index (κ2) is 9.45. The van der Waals surface area contributed by atoms with Crippen molar-refractivity contribution in [2.75, 3.05) is 31.4 Å². The van der Waals surface area contributed by atoms with Gasteiger partial charge in [0.25, 0.3) is 0 Å². The van der Waals surface area contributed by atoms with Gasteiger partial charge in [0.05, 0.1) is 35.6 Å².